The normalized spacial score (nSPS) is 10.8. The number of halogens is 1. The molecule has 29 heavy (non-hydrogen) atoms. The lowest BCUT2D eigenvalue weighted by molar-refractivity contribution is 0.0698. The molecular formula is C21H15BrN4O3. The minimum Gasteiger partial charge on any atom is -0.478 e. The zero-order valence-electron chi connectivity index (χ0n) is 15.3. The van der Waals surface area contributed by atoms with E-state index in [2.05, 4.69) is 31.3 Å². The van der Waals surface area contributed by atoms with Crippen LogP contribution in [-0.4, -0.2) is 31.7 Å². The van der Waals surface area contributed by atoms with Crippen molar-refractivity contribution < 1.29 is 14.7 Å². The molecule has 7 nitrogen and oxygen atoms in total. The highest BCUT2D eigenvalue weighted by molar-refractivity contribution is 9.10. The first-order chi connectivity index (χ1) is 13.9. The predicted octanol–water partition coefficient (Wildman–Crippen LogP) is 4.44. The Morgan fingerprint density at radius 1 is 1.07 bits per heavy atom. The molecule has 8 heteroatoms. The Morgan fingerprint density at radius 3 is 2.66 bits per heavy atom. The zero-order chi connectivity index (χ0) is 20.5. The smallest absolute Gasteiger partial charge is 0.337 e. The van der Waals surface area contributed by atoms with E-state index in [0.717, 1.165) is 10.9 Å². The first kappa shape index (κ1) is 18.8. The Morgan fingerprint density at radius 2 is 1.86 bits per heavy atom. The number of aromatic nitrogens is 3. The van der Waals surface area contributed by atoms with Gasteiger partial charge in [0.15, 0.2) is 5.82 Å². The molecule has 0 saturated carbocycles. The maximum atomic E-state index is 12.8. The number of carboxylic acid groups (broad SMARTS) is 1. The van der Waals surface area contributed by atoms with Gasteiger partial charge in [0.1, 0.15) is 0 Å². The van der Waals surface area contributed by atoms with E-state index in [1.54, 1.807) is 17.7 Å². The number of amides is 1. The third-order valence-electron chi connectivity index (χ3n) is 4.52. The molecule has 4 aromatic rings. The van der Waals surface area contributed by atoms with Gasteiger partial charge >= 0.3 is 5.97 Å². The number of rotatable bonds is 4. The number of carbonyl (C=O) groups is 2. The molecule has 144 valence electrons. The van der Waals surface area contributed by atoms with Crippen LogP contribution in [-0.2, 0) is 0 Å². The molecule has 2 heterocycles. The number of carbonyl (C=O) groups excluding carboxylic acids is 1. The van der Waals surface area contributed by atoms with Crippen LogP contribution in [0, 0.1) is 6.92 Å². The molecule has 4 rings (SSSR count). The Bertz CT molecular complexity index is 1270. The van der Waals surface area contributed by atoms with Crippen molar-refractivity contribution in [2.75, 3.05) is 5.32 Å². The third kappa shape index (κ3) is 3.62. The van der Waals surface area contributed by atoms with Gasteiger partial charge in [-0.2, -0.15) is 5.10 Å². The van der Waals surface area contributed by atoms with E-state index in [4.69, 9.17) is 0 Å². The van der Waals surface area contributed by atoms with Crippen molar-refractivity contribution in [3.05, 3.63) is 82.1 Å². The summed E-state index contributed by atoms with van der Waals surface area (Å²) in [5.74, 6) is -0.983. The number of hydrogen-bond donors (Lipinski definition) is 2. The topological polar surface area (TPSA) is 97.1 Å². The molecule has 0 unspecified atom stereocenters. The lowest BCUT2D eigenvalue weighted by atomic mass is 10.1. The molecule has 0 aliphatic carbocycles. The quantitative estimate of drug-likeness (QED) is 0.478. The average Bonchev–Trinajstić information content (AvgIpc) is 3.10. The number of anilines is 1. The number of nitrogens with zero attached hydrogens (tertiary/aromatic N) is 3. The van der Waals surface area contributed by atoms with Crippen molar-refractivity contribution in [1.29, 1.82) is 0 Å². The van der Waals surface area contributed by atoms with Crippen LogP contribution in [0.25, 0.3) is 16.7 Å². The van der Waals surface area contributed by atoms with Crippen molar-refractivity contribution in [2.45, 2.75) is 6.92 Å². The van der Waals surface area contributed by atoms with E-state index >= 15 is 0 Å². The molecule has 2 N–H and O–H groups in total. The standard InChI is InChI=1S/C21H15BrN4O3/c1-12-16(20(27)25-18-8-7-14(22)10-15(18)21(28)29)11-23-26(12)19-9-6-13-4-2-3-5-17(13)24-19/h2-11H,1H3,(H,25,27)(H,28,29). The molecule has 2 aromatic carbocycles. The van der Waals surface area contributed by atoms with Crippen LogP contribution in [0.1, 0.15) is 26.4 Å². The van der Waals surface area contributed by atoms with Crippen LogP contribution >= 0.6 is 15.9 Å². The van der Waals surface area contributed by atoms with Crippen LogP contribution in [0.4, 0.5) is 5.69 Å². The van der Waals surface area contributed by atoms with Crippen LogP contribution in [0.3, 0.4) is 0 Å². The number of carboxylic acids is 1. The summed E-state index contributed by atoms with van der Waals surface area (Å²) in [7, 11) is 0. The Hall–Kier alpha value is -3.52. The first-order valence-electron chi connectivity index (χ1n) is 8.69. The molecule has 0 radical (unpaired) electrons. The van der Waals surface area contributed by atoms with Gasteiger partial charge in [0.2, 0.25) is 0 Å². The number of benzene rings is 2. The van der Waals surface area contributed by atoms with Crippen LogP contribution in [0.15, 0.2) is 65.3 Å². The molecule has 0 aliphatic rings. The molecule has 0 atom stereocenters. The number of nitrogens with one attached hydrogen (secondary N) is 1. The summed E-state index contributed by atoms with van der Waals surface area (Å²) in [5, 5.41) is 17.3. The molecule has 1 amide bonds. The predicted molar refractivity (Wildman–Crippen MR) is 113 cm³/mol. The van der Waals surface area contributed by atoms with Crippen LogP contribution < -0.4 is 5.32 Å². The highest BCUT2D eigenvalue weighted by Crippen LogP contribution is 2.23. The second-order valence-electron chi connectivity index (χ2n) is 6.37. The van der Waals surface area contributed by atoms with E-state index in [9.17, 15) is 14.7 Å². The van der Waals surface area contributed by atoms with Gasteiger partial charge in [-0.05, 0) is 43.3 Å². The SMILES string of the molecule is Cc1c(C(=O)Nc2ccc(Br)cc2C(=O)O)cnn1-c1ccc2ccccc2n1. The number of pyridine rings is 1. The number of aromatic carboxylic acids is 1. The van der Waals surface area contributed by atoms with Crippen molar-refractivity contribution >= 4 is 44.4 Å². The summed E-state index contributed by atoms with van der Waals surface area (Å²) in [4.78, 5) is 28.8. The van der Waals surface area contributed by atoms with Crippen molar-refractivity contribution in [2.24, 2.45) is 0 Å². The highest BCUT2D eigenvalue weighted by Gasteiger charge is 2.19. The Balaban J connectivity index is 1.66. The summed E-state index contributed by atoms with van der Waals surface area (Å²) >= 11 is 3.24. The van der Waals surface area contributed by atoms with E-state index in [1.807, 2.05) is 36.4 Å². The zero-order valence-corrected chi connectivity index (χ0v) is 16.8. The number of hydrogen-bond acceptors (Lipinski definition) is 4. The van der Waals surface area contributed by atoms with Crippen molar-refractivity contribution in [3.63, 3.8) is 0 Å². The fourth-order valence-electron chi connectivity index (χ4n) is 3.03. The lowest BCUT2D eigenvalue weighted by Crippen LogP contribution is -2.16. The maximum Gasteiger partial charge on any atom is 0.337 e. The molecule has 0 spiro atoms. The summed E-state index contributed by atoms with van der Waals surface area (Å²) in [6.07, 6.45) is 1.45. The van der Waals surface area contributed by atoms with Gasteiger partial charge in [-0.25, -0.2) is 14.5 Å². The van der Waals surface area contributed by atoms with Gasteiger partial charge in [-0.1, -0.05) is 34.1 Å². The Labute approximate surface area is 174 Å². The fourth-order valence-corrected chi connectivity index (χ4v) is 3.39. The molecule has 0 saturated heterocycles. The van der Waals surface area contributed by atoms with E-state index < -0.39 is 11.9 Å². The van der Waals surface area contributed by atoms with Crippen LogP contribution in [0.2, 0.25) is 0 Å². The first-order valence-corrected chi connectivity index (χ1v) is 9.48. The van der Waals surface area contributed by atoms with E-state index in [0.29, 0.717) is 21.5 Å². The van der Waals surface area contributed by atoms with Gasteiger partial charge in [-0.15, -0.1) is 0 Å². The maximum absolute atomic E-state index is 12.8. The molecule has 0 fully saturated rings. The fraction of sp³-hybridized carbons (Fsp3) is 0.0476. The summed E-state index contributed by atoms with van der Waals surface area (Å²) < 4.78 is 2.19. The second kappa shape index (κ2) is 7.48. The molecular weight excluding hydrogens is 436 g/mol. The van der Waals surface area contributed by atoms with Crippen molar-refractivity contribution in [1.82, 2.24) is 14.8 Å². The van der Waals surface area contributed by atoms with Crippen molar-refractivity contribution in [3.8, 4) is 5.82 Å². The van der Waals surface area contributed by atoms with Gasteiger partial charge in [0, 0.05) is 9.86 Å². The minimum absolute atomic E-state index is 0.00559. The number of para-hydroxylation sites is 1. The van der Waals surface area contributed by atoms with Crippen LogP contribution in [0.5, 0.6) is 0 Å². The van der Waals surface area contributed by atoms with Gasteiger partial charge in [-0.3, -0.25) is 4.79 Å². The second-order valence-corrected chi connectivity index (χ2v) is 7.28. The lowest BCUT2D eigenvalue weighted by Gasteiger charge is -2.09. The third-order valence-corrected chi connectivity index (χ3v) is 5.01. The van der Waals surface area contributed by atoms with Gasteiger partial charge < -0.3 is 10.4 Å². The van der Waals surface area contributed by atoms with Gasteiger partial charge in [0.05, 0.1) is 34.2 Å². The summed E-state index contributed by atoms with van der Waals surface area (Å²) in [6.45, 7) is 1.76. The average molecular weight is 451 g/mol. The largest absolute Gasteiger partial charge is 0.478 e. The summed E-state index contributed by atoms with van der Waals surface area (Å²) in [6, 6.07) is 16.2. The molecule has 0 aliphatic heterocycles. The van der Waals surface area contributed by atoms with Gasteiger partial charge in [0.25, 0.3) is 5.91 Å². The highest BCUT2D eigenvalue weighted by atomic mass is 79.9. The monoisotopic (exact) mass is 450 g/mol. The minimum atomic E-state index is -1.13. The molecule has 0 bridgehead atoms. The number of fused-ring (bicyclic) bond motifs is 1. The van der Waals surface area contributed by atoms with E-state index in [-0.39, 0.29) is 11.3 Å². The summed E-state index contributed by atoms with van der Waals surface area (Å²) in [5.41, 5.74) is 1.96. The van der Waals surface area contributed by atoms with E-state index in [1.165, 1.54) is 18.3 Å². The molecule has 2 aromatic heterocycles. The Kier molecular flexibility index (Phi) is 4.85.